The van der Waals surface area contributed by atoms with E-state index in [1.54, 1.807) is 0 Å². The van der Waals surface area contributed by atoms with Gasteiger partial charge in [0.2, 0.25) is 5.91 Å². The largest absolute Gasteiger partial charge is 0.394 e. The van der Waals surface area contributed by atoms with Crippen LogP contribution in [0.2, 0.25) is 0 Å². The van der Waals surface area contributed by atoms with Crippen LogP contribution in [0, 0.1) is 0 Å². The molecule has 0 saturated heterocycles. The van der Waals surface area contributed by atoms with E-state index in [4.69, 9.17) is 0 Å². The first kappa shape index (κ1) is 43.3. The molecule has 0 heterocycles. The van der Waals surface area contributed by atoms with E-state index in [1.807, 2.05) is 0 Å². The van der Waals surface area contributed by atoms with E-state index in [9.17, 15) is 15.0 Å². The molecule has 260 valence electrons. The van der Waals surface area contributed by atoms with Gasteiger partial charge in [-0.2, -0.15) is 0 Å². The van der Waals surface area contributed by atoms with Gasteiger partial charge in [0, 0.05) is 6.42 Å². The molecular weight excluding hydrogens is 566 g/mol. The number of aliphatic hydroxyl groups excluding tert-OH is 2. The molecule has 4 nitrogen and oxygen atoms in total. The summed E-state index contributed by atoms with van der Waals surface area (Å²) in [5.74, 6) is -0.0696. The van der Waals surface area contributed by atoms with Crippen LogP contribution in [0.5, 0.6) is 0 Å². The van der Waals surface area contributed by atoms with Gasteiger partial charge in [-0.1, -0.05) is 156 Å². The summed E-state index contributed by atoms with van der Waals surface area (Å²) in [7, 11) is 0. The lowest BCUT2D eigenvalue weighted by molar-refractivity contribution is -0.123. The average Bonchev–Trinajstić information content (AvgIpc) is 3.06. The van der Waals surface area contributed by atoms with E-state index in [2.05, 4.69) is 116 Å². The highest BCUT2D eigenvalue weighted by Crippen LogP contribution is 2.11. The fourth-order valence-electron chi connectivity index (χ4n) is 4.78. The Bertz CT molecular complexity index is 906. The first-order valence-electron chi connectivity index (χ1n) is 18.4. The van der Waals surface area contributed by atoms with Crippen LogP contribution in [0.15, 0.2) is 97.2 Å². The molecule has 2 unspecified atom stereocenters. The maximum Gasteiger partial charge on any atom is 0.220 e. The molecule has 1 amide bonds. The lowest BCUT2D eigenvalue weighted by Crippen LogP contribution is -2.45. The third kappa shape index (κ3) is 32.7. The molecule has 46 heavy (non-hydrogen) atoms. The zero-order valence-corrected chi connectivity index (χ0v) is 29.5. The number of unbranched alkanes of at least 4 members (excludes halogenated alkanes) is 8. The molecule has 0 aromatic heterocycles. The van der Waals surface area contributed by atoms with E-state index in [-0.39, 0.29) is 12.5 Å². The topological polar surface area (TPSA) is 69.6 Å². The standard InChI is InChI=1S/C42H69NO3/c1-3-5-7-9-10-11-12-13-14-15-16-17-18-19-20-21-22-23-24-25-26-27-28-29-30-31-32-34-36-38-42(46)43-40(39-44)41(45)37-35-33-8-6-4-2/h5,7,10-11,13-14,16-17,19-20,22-23,25-26,28-29,40-41,44-45H,3-4,6,8-9,12,15,18,21,24,27,30-39H2,1-2H3,(H,43,46)/b7-5-,11-10-,14-13-,17-16-,20-19-,23-22-,26-25-,29-28-. The first-order valence-corrected chi connectivity index (χ1v) is 18.4. The van der Waals surface area contributed by atoms with Gasteiger partial charge in [0.05, 0.1) is 18.8 Å². The summed E-state index contributed by atoms with van der Waals surface area (Å²) in [5.41, 5.74) is 0. The van der Waals surface area contributed by atoms with Gasteiger partial charge in [0.15, 0.2) is 0 Å². The van der Waals surface area contributed by atoms with Crippen molar-refractivity contribution in [3.05, 3.63) is 97.2 Å². The Morgan fingerprint density at radius 2 is 0.957 bits per heavy atom. The molecule has 0 spiro atoms. The van der Waals surface area contributed by atoms with Gasteiger partial charge in [-0.25, -0.2) is 0 Å². The highest BCUT2D eigenvalue weighted by Gasteiger charge is 2.19. The van der Waals surface area contributed by atoms with E-state index in [0.717, 1.165) is 96.3 Å². The number of allylic oxidation sites excluding steroid dienone is 16. The Labute approximate surface area is 283 Å². The Hall–Kier alpha value is -2.69. The van der Waals surface area contributed by atoms with Crippen LogP contribution in [0.4, 0.5) is 0 Å². The maximum absolute atomic E-state index is 12.2. The van der Waals surface area contributed by atoms with Crippen molar-refractivity contribution in [2.24, 2.45) is 0 Å². The zero-order valence-electron chi connectivity index (χ0n) is 29.5. The monoisotopic (exact) mass is 636 g/mol. The van der Waals surface area contributed by atoms with Crippen molar-refractivity contribution in [3.63, 3.8) is 0 Å². The number of nitrogens with one attached hydrogen (secondary N) is 1. The molecule has 0 aliphatic carbocycles. The predicted octanol–water partition coefficient (Wildman–Crippen LogP) is 11.1. The van der Waals surface area contributed by atoms with Crippen LogP contribution >= 0.6 is 0 Å². The average molecular weight is 636 g/mol. The minimum absolute atomic E-state index is 0.0696. The summed E-state index contributed by atoms with van der Waals surface area (Å²) >= 11 is 0. The van der Waals surface area contributed by atoms with Gasteiger partial charge < -0.3 is 15.5 Å². The van der Waals surface area contributed by atoms with Crippen LogP contribution < -0.4 is 5.32 Å². The fourth-order valence-corrected chi connectivity index (χ4v) is 4.78. The van der Waals surface area contributed by atoms with Gasteiger partial charge >= 0.3 is 0 Å². The van der Waals surface area contributed by atoms with Crippen molar-refractivity contribution in [1.82, 2.24) is 5.32 Å². The van der Waals surface area contributed by atoms with Gasteiger partial charge in [-0.05, 0) is 77.0 Å². The van der Waals surface area contributed by atoms with Crippen molar-refractivity contribution >= 4 is 5.91 Å². The molecule has 0 aliphatic rings. The summed E-state index contributed by atoms with van der Waals surface area (Å²) in [6.45, 7) is 4.12. The van der Waals surface area contributed by atoms with E-state index < -0.39 is 12.1 Å². The number of aliphatic hydroxyl groups is 2. The maximum atomic E-state index is 12.2. The molecule has 4 heteroatoms. The van der Waals surface area contributed by atoms with E-state index >= 15 is 0 Å². The molecule has 0 rings (SSSR count). The Kier molecular flexibility index (Phi) is 34.6. The van der Waals surface area contributed by atoms with Crippen LogP contribution in [0.1, 0.15) is 142 Å². The summed E-state index contributed by atoms with van der Waals surface area (Å²) in [4.78, 5) is 12.2. The number of amides is 1. The number of hydrogen-bond acceptors (Lipinski definition) is 3. The van der Waals surface area contributed by atoms with Crippen LogP contribution in [-0.2, 0) is 4.79 Å². The van der Waals surface area contributed by atoms with Crippen molar-refractivity contribution in [2.45, 2.75) is 154 Å². The molecule has 0 aliphatic heterocycles. The number of carbonyl (C=O) groups is 1. The Balaban J connectivity index is 3.68. The Morgan fingerprint density at radius 1 is 0.543 bits per heavy atom. The van der Waals surface area contributed by atoms with Crippen molar-refractivity contribution in [1.29, 1.82) is 0 Å². The minimum atomic E-state index is -0.672. The van der Waals surface area contributed by atoms with Crippen LogP contribution in [0.25, 0.3) is 0 Å². The third-order valence-corrected chi connectivity index (χ3v) is 7.61. The van der Waals surface area contributed by atoms with Gasteiger partial charge in [-0.3, -0.25) is 4.79 Å². The molecule has 2 atom stereocenters. The molecule has 0 aromatic carbocycles. The first-order chi connectivity index (χ1) is 22.7. The van der Waals surface area contributed by atoms with E-state index in [1.165, 1.54) is 19.3 Å². The van der Waals surface area contributed by atoms with Crippen LogP contribution in [-0.4, -0.2) is 34.9 Å². The normalized spacial score (nSPS) is 14.3. The number of rotatable bonds is 31. The fraction of sp³-hybridized carbons (Fsp3) is 0.595. The van der Waals surface area contributed by atoms with Crippen LogP contribution in [0.3, 0.4) is 0 Å². The zero-order chi connectivity index (χ0) is 33.6. The molecule has 0 aromatic rings. The lowest BCUT2D eigenvalue weighted by Gasteiger charge is -2.22. The number of hydrogen-bond donors (Lipinski definition) is 3. The summed E-state index contributed by atoms with van der Waals surface area (Å²) in [6.07, 6.45) is 54.9. The highest BCUT2D eigenvalue weighted by molar-refractivity contribution is 5.76. The van der Waals surface area contributed by atoms with Crippen molar-refractivity contribution in [3.8, 4) is 0 Å². The quantitative estimate of drug-likeness (QED) is 0.0524. The number of carbonyl (C=O) groups excluding carboxylic acids is 1. The second-order valence-corrected chi connectivity index (χ2v) is 11.9. The third-order valence-electron chi connectivity index (χ3n) is 7.61. The lowest BCUT2D eigenvalue weighted by atomic mass is 10.0. The SMILES string of the molecule is CC/C=C\C/C=C\C/C=C\C/C=C\C/C=C\C/C=C\C/C=C\C/C=C\CCCCCCC(=O)NC(CO)C(O)CCCCCCC. The molecular formula is C42H69NO3. The summed E-state index contributed by atoms with van der Waals surface area (Å²) in [6, 6.07) is -0.552. The second kappa shape index (κ2) is 36.8. The summed E-state index contributed by atoms with van der Waals surface area (Å²) in [5, 5.41) is 22.7. The molecule has 0 fully saturated rings. The van der Waals surface area contributed by atoms with Gasteiger partial charge in [0.25, 0.3) is 0 Å². The second-order valence-electron chi connectivity index (χ2n) is 11.9. The molecule has 3 N–H and O–H groups in total. The van der Waals surface area contributed by atoms with Gasteiger partial charge in [-0.15, -0.1) is 0 Å². The predicted molar refractivity (Wildman–Crippen MR) is 202 cm³/mol. The molecule has 0 bridgehead atoms. The van der Waals surface area contributed by atoms with Crippen molar-refractivity contribution in [2.75, 3.05) is 6.61 Å². The van der Waals surface area contributed by atoms with E-state index in [0.29, 0.717) is 12.8 Å². The smallest absolute Gasteiger partial charge is 0.220 e. The molecule has 0 radical (unpaired) electrons. The minimum Gasteiger partial charge on any atom is -0.394 e. The highest BCUT2D eigenvalue weighted by atomic mass is 16.3. The summed E-state index contributed by atoms with van der Waals surface area (Å²) < 4.78 is 0. The molecule has 0 saturated carbocycles. The van der Waals surface area contributed by atoms with Gasteiger partial charge in [0.1, 0.15) is 0 Å². The Morgan fingerprint density at radius 3 is 1.41 bits per heavy atom. The van der Waals surface area contributed by atoms with Crippen molar-refractivity contribution < 1.29 is 15.0 Å².